The number of phenols is 2. The molecule has 3 rings (SSSR count). The van der Waals surface area contributed by atoms with E-state index in [1.807, 2.05) is 49.4 Å². The van der Waals surface area contributed by atoms with Gasteiger partial charge in [0, 0.05) is 11.1 Å². The van der Waals surface area contributed by atoms with Crippen LogP contribution in [0, 0.1) is 6.92 Å². The molecule has 104 valence electrons. The molecule has 0 aliphatic heterocycles. The third-order valence-electron chi connectivity index (χ3n) is 3.64. The molecule has 0 heterocycles. The fourth-order valence-electron chi connectivity index (χ4n) is 2.64. The summed E-state index contributed by atoms with van der Waals surface area (Å²) < 4.78 is 0. The van der Waals surface area contributed by atoms with Gasteiger partial charge in [0.1, 0.15) is 11.5 Å². The van der Waals surface area contributed by atoms with Gasteiger partial charge in [0.25, 0.3) is 0 Å². The molecule has 0 saturated carbocycles. The van der Waals surface area contributed by atoms with Crippen molar-refractivity contribution in [3.05, 3.63) is 72.3 Å². The second-order valence-corrected chi connectivity index (χ2v) is 5.03. The van der Waals surface area contributed by atoms with Gasteiger partial charge in [-0.3, -0.25) is 0 Å². The minimum Gasteiger partial charge on any atom is -0.507 e. The SMILES string of the molecule is Cc1cccc(-c2ccccc2O)c1-c1ccccc1O. The minimum atomic E-state index is 0.236. The first kappa shape index (κ1) is 13.3. The molecule has 0 aromatic heterocycles. The highest BCUT2D eigenvalue weighted by atomic mass is 16.3. The van der Waals surface area contributed by atoms with Crippen LogP contribution < -0.4 is 0 Å². The number of aromatic hydroxyl groups is 2. The number of benzene rings is 3. The Kier molecular flexibility index (Phi) is 3.36. The van der Waals surface area contributed by atoms with Crippen molar-refractivity contribution in [3.8, 4) is 33.8 Å². The monoisotopic (exact) mass is 276 g/mol. The number of hydrogen-bond donors (Lipinski definition) is 2. The highest BCUT2D eigenvalue weighted by Crippen LogP contribution is 2.41. The van der Waals surface area contributed by atoms with Crippen LogP contribution in [0.2, 0.25) is 0 Å². The zero-order chi connectivity index (χ0) is 14.8. The maximum atomic E-state index is 10.2. The summed E-state index contributed by atoms with van der Waals surface area (Å²) in [6, 6.07) is 20.4. The molecule has 0 saturated heterocycles. The van der Waals surface area contributed by atoms with Gasteiger partial charge < -0.3 is 10.2 Å². The van der Waals surface area contributed by atoms with Gasteiger partial charge in [0.05, 0.1) is 0 Å². The van der Waals surface area contributed by atoms with Crippen LogP contribution in [-0.2, 0) is 0 Å². The lowest BCUT2D eigenvalue weighted by atomic mass is 9.90. The van der Waals surface area contributed by atoms with Crippen LogP contribution in [0.1, 0.15) is 5.56 Å². The molecule has 0 radical (unpaired) electrons. The van der Waals surface area contributed by atoms with E-state index in [1.54, 1.807) is 24.3 Å². The smallest absolute Gasteiger partial charge is 0.123 e. The Labute approximate surface area is 123 Å². The highest BCUT2D eigenvalue weighted by Gasteiger charge is 2.14. The van der Waals surface area contributed by atoms with Crippen LogP contribution in [0.15, 0.2) is 66.7 Å². The molecule has 0 amide bonds. The molecule has 21 heavy (non-hydrogen) atoms. The zero-order valence-corrected chi connectivity index (χ0v) is 11.7. The van der Waals surface area contributed by atoms with E-state index in [2.05, 4.69) is 0 Å². The van der Waals surface area contributed by atoms with Gasteiger partial charge >= 0.3 is 0 Å². The zero-order valence-electron chi connectivity index (χ0n) is 11.7. The third-order valence-corrected chi connectivity index (χ3v) is 3.64. The third kappa shape index (κ3) is 2.36. The van der Waals surface area contributed by atoms with Crippen LogP contribution >= 0.6 is 0 Å². The first-order valence-electron chi connectivity index (χ1n) is 6.85. The van der Waals surface area contributed by atoms with Gasteiger partial charge in [-0.2, -0.15) is 0 Å². The minimum absolute atomic E-state index is 0.236. The standard InChI is InChI=1S/C19H16O2/c1-13-7-6-10-15(14-8-2-4-11-17(14)20)19(13)16-9-3-5-12-18(16)21/h2-12,20-21H,1H3. The molecule has 2 nitrogen and oxygen atoms in total. The van der Waals surface area contributed by atoms with Crippen molar-refractivity contribution in [3.63, 3.8) is 0 Å². The lowest BCUT2D eigenvalue weighted by Gasteiger charge is -2.15. The average Bonchev–Trinajstić information content (AvgIpc) is 2.49. The van der Waals surface area contributed by atoms with Crippen LogP contribution in [0.4, 0.5) is 0 Å². The maximum Gasteiger partial charge on any atom is 0.123 e. The normalized spacial score (nSPS) is 10.5. The number of aryl methyl sites for hydroxylation is 1. The Morgan fingerprint density at radius 2 is 1.10 bits per heavy atom. The Balaban J connectivity index is 2.32. The average molecular weight is 276 g/mol. The molecule has 0 aliphatic rings. The van der Waals surface area contributed by atoms with E-state index in [9.17, 15) is 10.2 Å². The van der Waals surface area contributed by atoms with Crippen molar-refractivity contribution in [2.24, 2.45) is 0 Å². The van der Waals surface area contributed by atoms with E-state index in [1.165, 1.54) is 0 Å². The Bertz CT molecular complexity index is 791. The van der Waals surface area contributed by atoms with Gasteiger partial charge in [0.2, 0.25) is 0 Å². The molecule has 0 bridgehead atoms. The van der Waals surface area contributed by atoms with Crippen molar-refractivity contribution < 1.29 is 10.2 Å². The summed E-state index contributed by atoms with van der Waals surface area (Å²) in [6.45, 7) is 2.01. The van der Waals surface area contributed by atoms with E-state index in [0.29, 0.717) is 0 Å². The summed E-state index contributed by atoms with van der Waals surface area (Å²) in [7, 11) is 0. The topological polar surface area (TPSA) is 40.5 Å². The van der Waals surface area contributed by atoms with Crippen molar-refractivity contribution >= 4 is 0 Å². The summed E-state index contributed by atoms with van der Waals surface area (Å²) in [4.78, 5) is 0. The fourth-order valence-corrected chi connectivity index (χ4v) is 2.64. The molecule has 0 aliphatic carbocycles. The predicted octanol–water partition coefficient (Wildman–Crippen LogP) is 4.74. The van der Waals surface area contributed by atoms with Gasteiger partial charge in [0.15, 0.2) is 0 Å². The molecule has 0 spiro atoms. The number of para-hydroxylation sites is 2. The molecule has 2 heteroatoms. The highest BCUT2D eigenvalue weighted by molar-refractivity contribution is 5.89. The molecule has 0 fully saturated rings. The van der Waals surface area contributed by atoms with Gasteiger partial charge in [-0.15, -0.1) is 0 Å². The lowest BCUT2D eigenvalue weighted by molar-refractivity contribution is 0.476. The first-order valence-corrected chi connectivity index (χ1v) is 6.85. The summed E-state index contributed by atoms with van der Waals surface area (Å²) in [6.07, 6.45) is 0. The van der Waals surface area contributed by atoms with Gasteiger partial charge in [-0.25, -0.2) is 0 Å². The van der Waals surface area contributed by atoms with Crippen molar-refractivity contribution in [1.82, 2.24) is 0 Å². The number of phenolic OH excluding ortho intramolecular Hbond substituents is 2. The summed E-state index contributed by atoms with van der Waals surface area (Å²) in [5.41, 5.74) is 4.44. The molecule has 0 atom stereocenters. The quantitative estimate of drug-likeness (QED) is 0.709. The second-order valence-electron chi connectivity index (χ2n) is 5.03. The summed E-state index contributed by atoms with van der Waals surface area (Å²) in [5, 5.41) is 20.3. The van der Waals surface area contributed by atoms with Crippen molar-refractivity contribution in [1.29, 1.82) is 0 Å². The Morgan fingerprint density at radius 3 is 1.71 bits per heavy atom. The molecule has 2 N–H and O–H groups in total. The summed E-state index contributed by atoms with van der Waals surface area (Å²) >= 11 is 0. The van der Waals surface area contributed by atoms with Crippen molar-refractivity contribution in [2.45, 2.75) is 6.92 Å². The Morgan fingerprint density at radius 1 is 0.571 bits per heavy atom. The van der Waals surface area contributed by atoms with Crippen molar-refractivity contribution in [2.75, 3.05) is 0 Å². The molecular weight excluding hydrogens is 260 g/mol. The summed E-state index contributed by atoms with van der Waals surface area (Å²) in [5.74, 6) is 0.475. The van der Waals surface area contributed by atoms with Crippen LogP contribution in [-0.4, -0.2) is 10.2 Å². The van der Waals surface area contributed by atoms with Gasteiger partial charge in [-0.1, -0.05) is 54.6 Å². The van der Waals surface area contributed by atoms with Crippen LogP contribution in [0.3, 0.4) is 0 Å². The first-order chi connectivity index (χ1) is 10.2. The van der Waals surface area contributed by atoms with E-state index >= 15 is 0 Å². The molecule has 3 aromatic carbocycles. The predicted molar refractivity (Wildman–Crippen MR) is 85.4 cm³/mol. The molecule has 0 unspecified atom stereocenters. The van der Waals surface area contributed by atoms with Crippen LogP contribution in [0.5, 0.6) is 11.5 Å². The lowest BCUT2D eigenvalue weighted by Crippen LogP contribution is -1.90. The number of rotatable bonds is 2. The largest absolute Gasteiger partial charge is 0.507 e. The maximum absolute atomic E-state index is 10.2. The van der Waals surface area contributed by atoms with Crippen LogP contribution in [0.25, 0.3) is 22.3 Å². The van der Waals surface area contributed by atoms with E-state index in [0.717, 1.165) is 27.8 Å². The second kappa shape index (κ2) is 5.33. The van der Waals surface area contributed by atoms with E-state index in [4.69, 9.17) is 0 Å². The number of hydrogen-bond acceptors (Lipinski definition) is 2. The fraction of sp³-hybridized carbons (Fsp3) is 0.0526. The molecule has 3 aromatic rings. The Hall–Kier alpha value is -2.74. The van der Waals surface area contributed by atoms with Gasteiger partial charge in [-0.05, 0) is 35.7 Å². The van der Waals surface area contributed by atoms with E-state index < -0.39 is 0 Å². The molecular formula is C19H16O2. The van der Waals surface area contributed by atoms with E-state index in [-0.39, 0.29) is 11.5 Å².